The summed E-state index contributed by atoms with van der Waals surface area (Å²) in [6.45, 7) is -0.611. The van der Waals surface area contributed by atoms with E-state index in [0.29, 0.717) is 19.1 Å². The van der Waals surface area contributed by atoms with E-state index in [4.69, 9.17) is 0 Å². The third-order valence-electron chi connectivity index (χ3n) is 1.18. The summed E-state index contributed by atoms with van der Waals surface area (Å²) < 4.78 is 23.0. The molecule has 1 amide bonds. The number of hydrogen-bond acceptors (Lipinski definition) is 2. The smallest absolute Gasteiger partial charge is 0.255 e. The van der Waals surface area contributed by atoms with Crippen molar-refractivity contribution in [1.29, 1.82) is 0 Å². The Hall–Kier alpha value is -1.00. The fourth-order valence-electron chi connectivity index (χ4n) is 0.625. The molecule has 0 heterocycles. The number of carbonyl (C=O) groups excluding carboxylic acids is 2. The van der Waals surface area contributed by atoms with E-state index in [2.05, 4.69) is 0 Å². The lowest BCUT2D eigenvalue weighted by molar-refractivity contribution is -0.121. The maximum Gasteiger partial charge on any atom is 0.255 e. The molecule has 12 heavy (non-hydrogen) atoms. The monoisotopic (exact) mass is 179 g/mol. The van der Waals surface area contributed by atoms with Crippen LogP contribution in [-0.2, 0) is 9.59 Å². The van der Waals surface area contributed by atoms with Crippen LogP contribution in [-0.4, -0.2) is 25.2 Å². The van der Waals surface area contributed by atoms with Gasteiger partial charge in [0.15, 0.2) is 0 Å². The summed E-state index contributed by atoms with van der Waals surface area (Å²) in [5, 5.41) is 2.04. The summed E-state index contributed by atoms with van der Waals surface area (Å²) in [6.07, 6.45) is -0.980. The zero-order valence-corrected chi connectivity index (χ0v) is 6.56. The lowest BCUT2D eigenvalue weighted by Gasteiger charge is -2.02. The van der Waals surface area contributed by atoms with Crippen LogP contribution in [0.3, 0.4) is 0 Å². The van der Waals surface area contributed by atoms with Gasteiger partial charge in [0.25, 0.3) is 6.43 Å². The van der Waals surface area contributed by atoms with Gasteiger partial charge >= 0.3 is 0 Å². The SMILES string of the molecule is O=CCCCC(=O)NCC(F)F. The molecule has 0 aliphatic rings. The summed E-state index contributed by atoms with van der Waals surface area (Å²) in [6, 6.07) is 0. The van der Waals surface area contributed by atoms with Crippen molar-refractivity contribution < 1.29 is 18.4 Å². The quantitative estimate of drug-likeness (QED) is 0.482. The van der Waals surface area contributed by atoms with Crippen LogP contribution in [0.15, 0.2) is 0 Å². The van der Waals surface area contributed by atoms with E-state index in [0.717, 1.165) is 0 Å². The Morgan fingerprint density at radius 3 is 2.67 bits per heavy atom. The van der Waals surface area contributed by atoms with E-state index in [1.54, 1.807) is 0 Å². The Bertz CT molecular complexity index is 150. The van der Waals surface area contributed by atoms with E-state index in [-0.39, 0.29) is 6.42 Å². The topological polar surface area (TPSA) is 46.2 Å². The van der Waals surface area contributed by atoms with E-state index in [9.17, 15) is 18.4 Å². The number of carbonyl (C=O) groups is 2. The van der Waals surface area contributed by atoms with Crippen LogP contribution >= 0.6 is 0 Å². The molecule has 0 saturated heterocycles. The Labute approximate surface area is 69.1 Å². The Morgan fingerprint density at radius 2 is 2.17 bits per heavy atom. The van der Waals surface area contributed by atoms with E-state index < -0.39 is 18.9 Å². The highest BCUT2D eigenvalue weighted by atomic mass is 19.3. The number of nitrogens with one attached hydrogen (secondary N) is 1. The molecule has 0 spiro atoms. The Kier molecular flexibility index (Phi) is 6.14. The molecule has 0 aliphatic carbocycles. The van der Waals surface area contributed by atoms with Crippen LogP contribution in [0.2, 0.25) is 0 Å². The summed E-state index contributed by atoms with van der Waals surface area (Å²) in [5.41, 5.74) is 0. The van der Waals surface area contributed by atoms with Gasteiger partial charge in [-0.3, -0.25) is 4.79 Å². The minimum atomic E-state index is -2.51. The molecule has 0 aliphatic heterocycles. The highest BCUT2D eigenvalue weighted by Gasteiger charge is 2.05. The second kappa shape index (κ2) is 6.69. The number of hydrogen-bond donors (Lipinski definition) is 1. The number of halogens is 2. The molecular formula is C7H11F2NO2. The van der Waals surface area contributed by atoms with Crippen LogP contribution in [0, 0.1) is 0 Å². The highest BCUT2D eigenvalue weighted by Crippen LogP contribution is 1.93. The Balaban J connectivity index is 3.27. The molecule has 0 unspecified atom stereocenters. The fraction of sp³-hybridized carbons (Fsp3) is 0.714. The third kappa shape index (κ3) is 7.11. The first-order chi connectivity index (χ1) is 5.66. The molecule has 0 aromatic carbocycles. The van der Waals surface area contributed by atoms with Gasteiger partial charge < -0.3 is 10.1 Å². The van der Waals surface area contributed by atoms with Crippen molar-refractivity contribution in [1.82, 2.24) is 5.32 Å². The summed E-state index contributed by atoms with van der Waals surface area (Å²) in [7, 11) is 0. The summed E-state index contributed by atoms with van der Waals surface area (Å²) in [4.78, 5) is 20.5. The molecule has 0 fully saturated rings. The first-order valence-electron chi connectivity index (χ1n) is 3.65. The fourth-order valence-corrected chi connectivity index (χ4v) is 0.625. The molecule has 0 bridgehead atoms. The standard InChI is InChI=1S/C7H11F2NO2/c8-6(9)5-10-7(12)3-1-2-4-11/h4,6H,1-3,5H2,(H,10,12). The molecule has 0 rings (SSSR count). The molecule has 0 atom stereocenters. The van der Waals surface area contributed by atoms with Crippen LogP contribution < -0.4 is 5.32 Å². The summed E-state index contributed by atoms with van der Waals surface area (Å²) >= 11 is 0. The minimum Gasteiger partial charge on any atom is -0.350 e. The predicted octanol–water partition coefficient (Wildman–Crippen LogP) is 0.737. The lowest BCUT2D eigenvalue weighted by atomic mass is 10.2. The maximum absolute atomic E-state index is 11.5. The van der Waals surface area contributed by atoms with Gasteiger partial charge in [0, 0.05) is 12.8 Å². The van der Waals surface area contributed by atoms with Gasteiger partial charge in [0.05, 0.1) is 6.54 Å². The van der Waals surface area contributed by atoms with Gasteiger partial charge in [-0.15, -0.1) is 0 Å². The number of unbranched alkanes of at least 4 members (excludes halogenated alkanes) is 1. The van der Waals surface area contributed by atoms with Gasteiger partial charge in [0.1, 0.15) is 6.29 Å². The number of rotatable bonds is 6. The number of alkyl halides is 2. The van der Waals surface area contributed by atoms with Gasteiger partial charge in [-0.25, -0.2) is 8.78 Å². The number of amides is 1. The molecule has 0 aromatic rings. The van der Waals surface area contributed by atoms with Gasteiger partial charge in [0.2, 0.25) is 5.91 Å². The zero-order valence-electron chi connectivity index (χ0n) is 6.56. The molecule has 70 valence electrons. The van der Waals surface area contributed by atoms with Crippen molar-refractivity contribution in [3.8, 4) is 0 Å². The normalized spacial score (nSPS) is 9.92. The average molecular weight is 179 g/mol. The van der Waals surface area contributed by atoms with Crippen molar-refractivity contribution >= 4 is 12.2 Å². The first-order valence-corrected chi connectivity index (χ1v) is 3.65. The van der Waals surface area contributed by atoms with Crippen LogP contribution in [0.25, 0.3) is 0 Å². The largest absolute Gasteiger partial charge is 0.350 e. The van der Waals surface area contributed by atoms with E-state index >= 15 is 0 Å². The van der Waals surface area contributed by atoms with Crippen molar-refractivity contribution in [2.45, 2.75) is 25.7 Å². The zero-order chi connectivity index (χ0) is 9.40. The molecule has 1 N–H and O–H groups in total. The second-order valence-electron chi connectivity index (χ2n) is 2.25. The first kappa shape index (κ1) is 11.0. The van der Waals surface area contributed by atoms with Gasteiger partial charge in [-0.2, -0.15) is 0 Å². The molecule has 0 radical (unpaired) electrons. The van der Waals surface area contributed by atoms with Gasteiger partial charge in [-0.05, 0) is 6.42 Å². The molecule has 5 heteroatoms. The van der Waals surface area contributed by atoms with Crippen molar-refractivity contribution in [2.75, 3.05) is 6.54 Å². The van der Waals surface area contributed by atoms with Crippen molar-refractivity contribution in [3.63, 3.8) is 0 Å². The third-order valence-corrected chi connectivity index (χ3v) is 1.18. The van der Waals surface area contributed by atoms with E-state index in [1.165, 1.54) is 0 Å². The molecule has 0 saturated carbocycles. The lowest BCUT2D eigenvalue weighted by Crippen LogP contribution is -2.28. The van der Waals surface area contributed by atoms with Crippen LogP contribution in [0.1, 0.15) is 19.3 Å². The Morgan fingerprint density at radius 1 is 1.50 bits per heavy atom. The maximum atomic E-state index is 11.5. The average Bonchev–Trinajstić information content (AvgIpc) is 2.01. The highest BCUT2D eigenvalue weighted by molar-refractivity contribution is 5.76. The summed E-state index contributed by atoms with van der Waals surface area (Å²) in [5.74, 6) is -0.433. The molecular weight excluding hydrogens is 168 g/mol. The second-order valence-corrected chi connectivity index (χ2v) is 2.25. The van der Waals surface area contributed by atoms with Crippen molar-refractivity contribution in [2.24, 2.45) is 0 Å². The molecule has 0 aromatic heterocycles. The van der Waals surface area contributed by atoms with Crippen molar-refractivity contribution in [3.05, 3.63) is 0 Å². The van der Waals surface area contributed by atoms with Crippen LogP contribution in [0.5, 0.6) is 0 Å². The predicted molar refractivity (Wildman–Crippen MR) is 38.9 cm³/mol. The van der Waals surface area contributed by atoms with E-state index in [1.807, 2.05) is 5.32 Å². The van der Waals surface area contributed by atoms with Gasteiger partial charge in [-0.1, -0.05) is 0 Å². The number of aldehydes is 1. The minimum absolute atomic E-state index is 0.130. The van der Waals surface area contributed by atoms with Crippen LogP contribution in [0.4, 0.5) is 8.78 Å². The molecule has 3 nitrogen and oxygen atoms in total.